The molecule has 0 aliphatic carbocycles. The first kappa shape index (κ1) is 19.1. The zero-order valence-electron chi connectivity index (χ0n) is 16.5. The Kier molecular flexibility index (Phi) is 4.21. The van der Waals surface area contributed by atoms with Crippen LogP contribution in [0.2, 0.25) is 0 Å². The van der Waals surface area contributed by atoms with Crippen LogP contribution in [0.25, 0.3) is 0 Å². The van der Waals surface area contributed by atoms with E-state index in [0.29, 0.717) is 0 Å². The van der Waals surface area contributed by atoms with E-state index < -0.39 is 28.8 Å². The van der Waals surface area contributed by atoms with Crippen LogP contribution in [0.4, 0.5) is 5.69 Å². The molecule has 3 aliphatic rings. The van der Waals surface area contributed by atoms with Crippen molar-refractivity contribution in [3.05, 3.63) is 75.3 Å². The predicted molar refractivity (Wildman–Crippen MR) is 109 cm³/mol. The second kappa shape index (κ2) is 6.83. The van der Waals surface area contributed by atoms with Gasteiger partial charge in [-0.15, -0.1) is 0 Å². The lowest BCUT2D eigenvalue weighted by Gasteiger charge is -2.33. The van der Waals surface area contributed by atoms with Crippen molar-refractivity contribution in [2.45, 2.75) is 19.0 Å². The van der Waals surface area contributed by atoms with E-state index in [0.717, 1.165) is 11.1 Å². The third-order valence-corrected chi connectivity index (χ3v) is 6.33. The number of hydrogen-bond acceptors (Lipinski definition) is 7. The van der Waals surface area contributed by atoms with Gasteiger partial charge in [-0.05, 0) is 30.2 Å². The second-order valence-electron chi connectivity index (χ2n) is 7.78. The van der Waals surface area contributed by atoms with Crippen molar-refractivity contribution in [2.75, 3.05) is 6.54 Å². The normalized spacial score (nSPS) is 26.0. The van der Waals surface area contributed by atoms with Crippen LogP contribution >= 0.6 is 0 Å². The smallest absolute Gasteiger partial charge is 0.269 e. The number of nitro benzene ring substituents is 1. The molecule has 2 fully saturated rings. The van der Waals surface area contributed by atoms with Crippen LogP contribution in [0.15, 0.2) is 53.6 Å². The first-order valence-corrected chi connectivity index (χ1v) is 9.99. The molecule has 4 atom stereocenters. The molecule has 9 nitrogen and oxygen atoms in total. The molecule has 2 aromatic carbocycles. The molecular formula is C22H18N4O5. The quantitative estimate of drug-likeness (QED) is 0.325. The standard InChI is InChI=1S/C22H18N4O5/c1-2-24-21(28)16-17(22(24)29)19(20(27)12-7-9-14(10-8-12)26(30)31)25-18(16)15-6-4-3-5-13(15)11-23-25/h3-11,16-19H,2H2,1H3/t16-,17+,18-,19-/m0/s1. The predicted octanol–water partition coefficient (Wildman–Crippen LogP) is 2.17. The summed E-state index contributed by atoms with van der Waals surface area (Å²) < 4.78 is 0. The number of rotatable bonds is 4. The highest BCUT2D eigenvalue weighted by atomic mass is 16.6. The molecule has 9 heteroatoms. The zero-order valence-corrected chi connectivity index (χ0v) is 16.5. The molecular weight excluding hydrogens is 400 g/mol. The number of nitrogens with zero attached hydrogens (tertiary/aromatic N) is 4. The van der Waals surface area contributed by atoms with E-state index >= 15 is 0 Å². The number of hydrazone groups is 1. The number of likely N-dealkylation sites (tertiary alicyclic amines) is 1. The molecule has 0 saturated carbocycles. The second-order valence-corrected chi connectivity index (χ2v) is 7.78. The molecule has 0 bridgehead atoms. The Balaban J connectivity index is 1.61. The summed E-state index contributed by atoms with van der Waals surface area (Å²) in [5.74, 6) is -2.62. The number of fused-ring (bicyclic) bond motifs is 5. The summed E-state index contributed by atoms with van der Waals surface area (Å²) >= 11 is 0. The van der Waals surface area contributed by atoms with E-state index in [4.69, 9.17) is 0 Å². The van der Waals surface area contributed by atoms with E-state index in [9.17, 15) is 24.5 Å². The van der Waals surface area contributed by atoms with Gasteiger partial charge < -0.3 is 0 Å². The number of benzene rings is 2. The maximum Gasteiger partial charge on any atom is 0.269 e. The van der Waals surface area contributed by atoms with Gasteiger partial charge in [-0.1, -0.05) is 24.3 Å². The number of ketones is 1. The minimum Gasteiger partial charge on any atom is -0.292 e. The molecule has 2 saturated heterocycles. The SMILES string of the molecule is CCN1C(=O)[C@@H]2[C@H](C1=O)[C@@H]1c3ccccc3C=NN1[C@@H]2C(=O)c1ccc([N+](=O)[O-])cc1. The number of non-ortho nitro benzene ring substituents is 1. The molecule has 3 aliphatic heterocycles. The summed E-state index contributed by atoms with van der Waals surface area (Å²) in [6.45, 7) is 1.97. The lowest BCUT2D eigenvalue weighted by molar-refractivity contribution is -0.384. The zero-order chi connectivity index (χ0) is 21.9. The molecule has 2 amide bonds. The third kappa shape index (κ3) is 2.62. The van der Waals surface area contributed by atoms with Crippen LogP contribution in [0.1, 0.15) is 34.5 Å². The summed E-state index contributed by atoms with van der Waals surface area (Å²) in [5.41, 5.74) is 1.80. The van der Waals surface area contributed by atoms with Gasteiger partial charge in [-0.3, -0.25) is 34.4 Å². The largest absolute Gasteiger partial charge is 0.292 e. The van der Waals surface area contributed by atoms with Crippen molar-refractivity contribution >= 4 is 29.5 Å². The number of carbonyl (C=O) groups is 3. The van der Waals surface area contributed by atoms with Crippen molar-refractivity contribution in [1.82, 2.24) is 9.91 Å². The summed E-state index contributed by atoms with van der Waals surface area (Å²) in [6.07, 6.45) is 1.63. The maximum atomic E-state index is 13.5. The van der Waals surface area contributed by atoms with Gasteiger partial charge in [-0.2, -0.15) is 5.10 Å². The van der Waals surface area contributed by atoms with Crippen LogP contribution in [0.3, 0.4) is 0 Å². The Hall–Kier alpha value is -3.88. The van der Waals surface area contributed by atoms with E-state index in [1.54, 1.807) is 18.1 Å². The van der Waals surface area contributed by atoms with Gasteiger partial charge in [0.25, 0.3) is 5.69 Å². The number of Topliss-reactive ketones (excluding diaryl/α,β-unsaturated/α-hetero) is 1. The van der Waals surface area contributed by atoms with Crippen molar-refractivity contribution in [2.24, 2.45) is 16.9 Å². The van der Waals surface area contributed by atoms with E-state index in [2.05, 4.69) is 5.10 Å². The maximum absolute atomic E-state index is 13.5. The van der Waals surface area contributed by atoms with Crippen LogP contribution < -0.4 is 0 Å². The van der Waals surface area contributed by atoms with Crippen LogP contribution in [-0.4, -0.2) is 51.2 Å². The van der Waals surface area contributed by atoms with E-state index in [1.807, 2.05) is 24.3 Å². The van der Waals surface area contributed by atoms with E-state index in [-0.39, 0.29) is 35.4 Å². The molecule has 0 aromatic heterocycles. The summed E-state index contributed by atoms with van der Waals surface area (Å²) in [7, 11) is 0. The monoisotopic (exact) mass is 418 g/mol. The Morgan fingerprint density at radius 3 is 2.42 bits per heavy atom. The summed E-state index contributed by atoms with van der Waals surface area (Å²) in [5, 5.41) is 17.0. The van der Waals surface area contributed by atoms with Crippen LogP contribution in [-0.2, 0) is 9.59 Å². The van der Waals surface area contributed by atoms with Crippen molar-refractivity contribution < 1.29 is 19.3 Å². The Morgan fingerprint density at radius 2 is 1.74 bits per heavy atom. The number of carbonyl (C=O) groups excluding carboxylic acids is 3. The van der Waals surface area contributed by atoms with Gasteiger partial charge in [0, 0.05) is 24.2 Å². The van der Waals surface area contributed by atoms with Gasteiger partial charge in [0.2, 0.25) is 11.8 Å². The summed E-state index contributed by atoms with van der Waals surface area (Å²) in [6, 6.07) is 11.3. The van der Waals surface area contributed by atoms with Gasteiger partial charge in [-0.25, -0.2) is 0 Å². The van der Waals surface area contributed by atoms with Gasteiger partial charge in [0.15, 0.2) is 5.78 Å². The van der Waals surface area contributed by atoms with Crippen LogP contribution in [0.5, 0.6) is 0 Å². The molecule has 0 spiro atoms. The fraction of sp³-hybridized carbons (Fsp3) is 0.273. The molecule has 0 N–H and O–H groups in total. The molecule has 31 heavy (non-hydrogen) atoms. The van der Waals surface area contributed by atoms with Crippen LogP contribution in [0, 0.1) is 22.0 Å². The Bertz CT molecular complexity index is 1160. The summed E-state index contributed by atoms with van der Waals surface area (Å²) in [4.78, 5) is 51.5. The molecule has 0 radical (unpaired) electrons. The molecule has 0 unspecified atom stereocenters. The minimum absolute atomic E-state index is 0.132. The van der Waals surface area contributed by atoms with Crippen molar-refractivity contribution in [3.8, 4) is 0 Å². The highest BCUT2D eigenvalue weighted by molar-refractivity contribution is 6.12. The third-order valence-electron chi connectivity index (χ3n) is 6.33. The first-order chi connectivity index (χ1) is 14.9. The topological polar surface area (TPSA) is 113 Å². The van der Waals surface area contributed by atoms with Gasteiger partial charge >= 0.3 is 0 Å². The minimum atomic E-state index is -0.964. The number of amides is 2. The fourth-order valence-corrected chi connectivity index (χ4v) is 4.96. The molecule has 3 heterocycles. The molecule has 2 aromatic rings. The van der Waals surface area contributed by atoms with Crippen molar-refractivity contribution in [3.63, 3.8) is 0 Å². The average Bonchev–Trinajstić information content (AvgIpc) is 3.25. The highest BCUT2D eigenvalue weighted by Crippen LogP contribution is 2.52. The number of imide groups is 1. The molecule has 156 valence electrons. The van der Waals surface area contributed by atoms with E-state index in [1.165, 1.54) is 29.2 Å². The van der Waals surface area contributed by atoms with Crippen molar-refractivity contribution in [1.29, 1.82) is 0 Å². The lowest BCUT2D eigenvalue weighted by Crippen LogP contribution is -2.44. The van der Waals surface area contributed by atoms with Gasteiger partial charge in [0.05, 0.1) is 29.0 Å². The number of hydrogen-bond donors (Lipinski definition) is 0. The Morgan fingerprint density at radius 1 is 1.06 bits per heavy atom. The lowest BCUT2D eigenvalue weighted by atomic mass is 9.83. The highest BCUT2D eigenvalue weighted by Gasteiger charge is 2.64. The number of nitro groups is 1. The Labute approximate surface area is 177 Å². The average molecular weight is 418 g/mol. The molecule has 5 rings (SSSR count). The van der Waals surface area contributed by atoms with Gasteiger partial charge in [0.1, 0.15) is 6.04 Å². The first-order valence-electron chi connectivity index (χ1n) is 9.99. The fourth-order valence-electron chi connectivity index (χ4n) is 4.96.